The molecule has 3 heterocycles. The summed E-state index contributed by atoms with van der Waals surface area (Å²) in [5.41, 5.74) is 2.55. The molecule has 0 aliphatic carbocycles. The molecule has 0 saturated carbocycles. The molecule has 0 atom stereocenters. The van der Waals surface area contributed by atoms with Crippen molar-refractivity contribution in [3.8, 4) is 5.69 Å². The molecule has 35 heavy (non-hydrogen) atoms. The Labute approximate surface area is 211 Å². The van der Waals surface area contributed by atoms with Crippen LogP contribution in [0.5, 0.6) is 0 Å². The Morgan fingerprint density at radius 1 is 0.971 bits per heavy atom. The minimum absolute atomic E-state index is 0.119. The number of carbonyl (C=O) groups is 1. The summed E-state index contributed by atoms with van der Waals surface area (Å²) in [6.07, 6.45) is 2.92. The number of piperazine rings is 1. The smallest absolute Gasteiger partial charge is 0.267 e. The van der Waals surface area contributed by atoms with Gasteiger partial charge in [-0.15, -0.1) is 0 Å². The molecule has 1 fully saturated rings. The molecule has 4 aromatic rings. The lowest BCUT2D eigenvalue weighted by Crippen LogP contribution is -2.48. The van der Waals surface area contributed by atoms with E-state index < -0.39 is 0 Å². The number of aromatic nitrogens is 3. The highest BCUT2D eigenvalue weighted by Gasteiger charge is 2.19. The number of benzene rings is 2. The normalized spacial score (nSPS) is 13.8. The van der Waals surface area contributed by atoms with Crippen LogP contribution >= 0.6 is 23.2 Å². The fraction of sp³-hybridized carbons (Fsp3) is 0.200. The number of anilines is 3. The molecule has 1 saturated heterocycles. The van der Waals surface area contributed by atoms with Gasteiger partial charge >= 0.3 is 0 Å². The number of rotatable bonds is 4. The maximum absolute atomic E-state index is 13.1. The summed E-state index contributed by atoms with van der Waals surface area (Å²) in [4.78, 5) is 37.6. The first-order valence-corrected chi connectivity index (χ1v) is 11.9. The van der Waals surface area contributed by atoms with Crippen LogP contribution < -0.4 is 15.8 Å². The number of nitrogens with one attached hydrogen (secondary N) is 1. The summed E-state index contributed by atoms with van der Waals surface area (Å²) in [6.45, 7) is 4.68. The first-order valence-electron chi connectivity index (χ1n) is 11.1. The van der Waals surface area contributed by atoms with Crippen molar-refractivity contribution in [1.82, 2.24) is 19.4 Å². The van der Waals surface area contributed by atoms with E-state index in [0.29, 0.717) is 32.5 Å². The molecule has 0 radical (unpaired) electrons. The van der Waals surface area contributed by atoms with Gasteiger partial charge in [-0.05, 0) is 36.4 Å². The first-order chi connectivity index (χ1) is 16.9. The van der Waals surface area contributed by atoms with Crippen LogP contribution in [0.4, 0.5) is 17.2 Å². The van der Waals surface area contributed by atoms with Crippen LogP contribution in [0.15, 0.2) is 65.8 Å². The third-order valence-electron chi connectivity index (χ3n) is 6.05. The van der Waals surface area contributed by atoms with E-state index in [1.165, 1.54) is 17.1 Å². The zero-order valence-corrected chi connectivity index (χ0v) is 20.4. The summed E-state index contributed by atoms with van der Waals surface area (Å²) < 4.78 is 1.33. The number of carbonyl (C=O) groups excluding carboxylic acids is 1. The minimum atomic E-state index is -0.307. The molecule has 2 aromatic heterocycles. The van der Waals surface area contributed by atoms with Gasteiger partial charge in [0.25, 0.3) is 5.56 Å². The summed E-state index contributed by atoms with van der Waals surface area (Å²) in [5, 5.41) is 4.33. The van der Waals surface area contributed by atoms with E-state index in [2.05, 4.69) is 20.2 Å². The average molecular weight is 509 g/mol. The predicted octanol–water partition coefficient (Wildman–Crippen LogP) is 4.50. The van der Waals surface area contributed by atoms with Gasteiger partial charge in [-0.3, -0.25) is 14.2 Å². The lowest BCUT2D eigenvalue weighted by Gasteiger charge is -2.35. The van der Waals surface area contributed by atoms with Crippen molar-refractivity contribution in [2.24, 2.45) is 0 Å². The highest BCUT2D eigenvalue weighted by Crippen LogP contribution is 2.28. The number of para-hydroxylation sites is 1. The second-order valence-corrected chi connectivity index (χ2v) is 9.06. The third-order valence-corrected chi connectivity index (χ3v) is 6.66. The van der Waals surface area contributed by atoms with Crippen molar-refractivity contribution in [3.05, 3.63) is 81.5 Å². The van der Waals surface area contributed by atoms with Crippen LogP contribution in [0.3, 0.4) is 0 Å². The Hall–Kier alpha value is -3.62. The Balaban J connectivity index is 1.34. The first kappa shape index (κ1) is 23.1. The van der Waals surface area contributed by atoms with Gasteiger partial charge in [0.05, 0.1) is 26.6 Å². The Kier molecular flexibility index (Phi) is 6.32. The monoisotopic (exact) mass is 508 g/mol. The number of fused-ring (bicyclic) bond motifs is 1. The summed E-state index contributed by atoms with van der Waals surface area (Å²) >= 11 is 12.5. The molecule has 0 bridgehead atoms. The van der Waals surface area contributed by atoms with Crippen molar-refractivity contribution < 1.29 is 4.79 Å². The third kappa shape index (κ3) is 4.67. The number of nitrogens with zero attached hydrogens (tertiary/aromatic N) is 5. The summed E-state index contributed by atoms with van der Waals surface area (Å²) in [6, 6.07) is 14.8. The highest BCUT2D eigenvalue weighted by molar-refractivity contribution is 6.37. The van der Waals surface area contributed by atoms with E-state index in [9.17, 15) is 9.59 Å². The van der Waals surface area contributed by atoms with Gasteiger partial charge < -0.3 is 15.1 Å². The van der Waals surface area contributed by atoms with E-state index in [4.69, 9.17) is 23.2 Å². The lowest BCUT2D eigenvalue weighted by atomic mass is 10.2. The fourth-order valence-electron chi connectivity index (χ4n) is 4.15. The van der Waals surface area contributed by atoms with Crippen molar-refractivity contribution >= 4 is 57.2 Å². The molecular weight excluding hydrogens is 487 g/mol. The SMILES string of the molecule is CC(=O)N1CCN(c2ccc(Nc3cc4ncn(-c5c(Cl)cccc5Cl)c(=O)c4cn3)cc2)CC1. The van der Waals surface area contributed by atoms with Gasteiger partial charge in [-0.1, -0.05) is 29.3 Å². The molecule has 0 unspecified atom stereocenters. The molecule has 5 rings (SSSR count). The van der Waals surface area contributed by atoms with Crippen molar-refractivity contribution in [3.63, 3.8) is 0 Å². The maximum Gasteiger partial charge on any atom is 0.267 e. The highest BCUT2D eigenvalue weighted by atomic mass is 35.5. The van der Waals surface area contributed by atoms with E-state index in [1.54, 1.807) is 31.2 Å². The molecule has 1 N–H and O–H groups in total. The van der Waals surface area contributed by atoms with Crippen LogP contribution in [0.1, 0.15) is 6.92 Å². The van der Waals surface area contributed by atoms with Gasteiger partial charge in [0, 0.05) is 56.7 Å². The predicted molar refractivity (Wildman–Crippen MR) is 139 cm³/mol. The molecule has 8 nitrogen and oxygen atoms in total. The van der Waals surface area contributed by atoms with Gasteiger partial charge in [0.2, 0.25) is 5.91 Å². The van der Waals surface area contributed by atoms with Crippen LogP contribution in [0, 0.1) is 0 Å². The number of pyridine rings is 1. The summed E-state index contributed by atoms with van der Waals surface area (Å²) in [7, 11) is 0. The van der Waals surface area contributed by atoms with Crippen LogP contribution in [-0.2, 0) is 4.79 Å². The second-order valence-electron chi connectivity index (χ2n) is 8.24. The Bertz CT molecular complexity index is 1440. The molecule has 0 spiro atoms. The van der Waals surface area contributed by atoms with Crippen molar-refractivity contribution in [2.45, 2.75) is 6.92 Å². The largest absolute Gasteiger partial charge is 0.368 e. The van der Waals surface area contributed by atoms with E-state index in [0.717, 1.165) is 37.6 Å². The number of hydrogen-bond acceptors (Lipinski definition) is 6. The van der Waals surface area contributed by atoms with Gasteiger partial charge in [0.15, 0.2) is 0 Å². The van der Waals surface area contributed by atoms with Crippen LogP contribution in [0.2, 0.25) is 10.0 Å². The zero-order chi connectivity index (χ0) is 24.5. The molecule has 1 amide bonds. The number of hydrogen-bond donors (Lipinski definition) is 1. The van der Waals surface area contributed by atoms with E-state index >= 15 is 0 Å². The molecule has 10 heteroatoms. The Morgan fingerprint density at radius 2 is 1.66 bits per heavy atom. The molecule has 1 aliphatic rings. The van der Waals surface area contributed by atoms with E-state index in [-0.39, 0.29) is 11.5 Å². The van der Waals surface area contributed by atoms with E-state index in [1.807, 2.05) is 29.2 Å². The lowest BCUT2D eigenvalue weighted by molar-refractivity contribution is -0.129. The molecule has 1 aliphatic heterocycles. The molecule has 178 valence electrons. The maximum atomic E-state index is 13.1. The van der Waals surface area contributed by atoms with Crippen molar-refractivity contribution in [2.75, 3.05) is 36.4 Å². The average Bonchev–Trinajstić information content (AvgIpc) is 2.86. The fourth-order valence-corrected chi connectivity index (χ4v) is 4.73. The molecular formula is C25H22Cl2N6O2. The molecule has 2 aromatic carbocycles. The Morgan fingerprint density at radius 3 is 2.31 bits per heavy atom. The summed E-state index contributed by atoms with van der Waals surface area (Å²) in [5.74, 6) is 0.689. The van der Waals surface area contributed by atoms with Gasteiger partial charge in [0.1, 0.15) is 12.1 Å². The second kappa shape index (κ2) is 9.56. The quantitative estimate of drug-likeness (QED) is 0.436. The number of halogens is 2. The van der Waals surface area contributed by atoms with Crippen LogP contribution in [0.25, 0.3) is 16.6 Å². The standard InChI is InChI=1S/C25H22Cl2N6O2/c1-16(34)31-9-11-32(12-10-31)18-7-5-17(6-8-18)30-23-13-22-19(14-28-23)25(35)33(15-29-22)24-20(26)3-2-4-21(24)27/h2-8,13-15H,9-12H2,1H3,(H,28,30). The topological polar surface area (TPSA) is 83.4 Å². The van der Waals surface area contributed by atoms with Crippen molar-refractivity contribution in [1.29, 1.82) is 0 Å². The van der Waals surface area contributed by atoms with Gasteiger partial charge in [-0.2, -0.15) is 0 Å². The zero-order valence-electron chi connectivity index (χ0n) is 18.9. The minimum Gasteiger partial charge on any atom is -0.368 e. The van der Waals surface area contributed by atoms with Crippen LogP contribution in [-0.4, -0.2) is 51.5 Å². The van der Waals surface area contributed by atoms with Gasteiger partial charge in [-0.25, -0.2) is 9.97 Å². The number of amides is 1.